The Bertz CT molecular complexity index is 629. The highest BCUT2D eigenvalue weighted by atomic mass is 32.2. The number of aryl methyl sites for hydroxylation is 2. The van der Waals surface area contributed by atoms with E-state index < -0.39 is 10.0 Å². The van der Waals surface area contributed by atoms with Crippen molar-refractivity contribution in [1.82, 2.24) is 9.62 Å². The molecule has 1 fully saturated rings. The summed E-state index contributed by atoms with van der Waals surface area (Å²) < 4.78 is 33.2. The van der Waals surface area contributed by atoms with Crippen LogP contribution in [0.5, 0.6) is 0 Å². The second kappa shape index (κ2) is 7.75. The summed E-state index contributed by atoms with van der Waals surface area (Å²) >= 11 is 0. The molecule has 1 aromatic rings. The zero-order chi connectivity index (χ0) is 17.0. The van der Waals surface area contributed by atoms with Gasteiger partial charge < -0.3 is 4.74 Å². The summed E-state index contributed by atoms with van der Waals surface area (Å²) in [7, 11) is -3.49. The van der Waals surface area contributed by atoms with E-state index in [1.807, 2.05) is 19.9 Å². The van der Waals surface area contributed by atoms with E-state index in [0.29, 0.717) is 24.0 Å². The Morgan fingerprint density at radius 2 is 2.04 bits per heavy atom. The van der Waals surface area contributed by atoms with Gasteiger partial charge in [0.1, 0.15) is 0 Å². The first-order chi connectivity index (χ1) is 10.8. The highest BCUT2D eigenvalue weighted by Crippen LogP contribution is 2.15. The number of morpholine rings is 1. The van der Waals surface area contributed by atoms with E-state index >= 15 is 0 Å². The summed E-state index contributed by atoms with van der Waals surface area (Å²) in [5, 5.41) is 0. The van der Waals surface area contributed by atoms with Gasteiger partial charge >= 0.3 is 0 Å². The molecule has 130 valence electrons. The predicted molar refractivity (Wildman–Crippen MR) is 92.1 cm³/mol. The lowest BCUT2D eigenvalue weighted by Crippen LogP contribution is -2.48. The molecule has 1 aliphatic rings. The van der Waals surface area contributed by atoms with Gasteiger partial charge in [-0.05, 0) is 43.0 Å². The summed E-state index contributed by atoms with van der Waals surface area (Å²) in [5.74, 6) is 0.598. The van der Waals surface area contributed by atoms with Gasteiger partial charge in [0, 0.05) is 26.2 Å². The van der Waals surface area contributed by atoms with Crippen LogP contribution in [0.1, 0.15) is 25.0 Å². The minimum absolute atomic E-state index is 0.0937. The summed E-state index contributed by atoms with van der Waals surface area (Å²) in [6, 6.07) is 5.20. The highest BCUT2D eigenvalue weighted by Gasteiger charge is 2.23. The quantitative estimate of drug-likeness (QED) is 0.860. The Morgan fingerprint density at radius 1 is 1.30 bits per heavy atom. The Morgan fingerprint density at radius 3 is 2.70 bits per heavy atom. The van der Waals surface area contributed by atoms with Crippen molar-refractivity contribution in [2.45, 2.75) is 38.7 Å². The van der Waals surface area contributed by atoms with Gasteiger partial charge in [-0.2, -0.15) is 0 Å². The molecular formula is C17H28N2O3S. The molecule has 0 radical (unpaired) electrons. The molecule has 1 aliphatic heterocycles. The largest absolute Gasteiger partial charge is 0.374 e. The van der Waals surface area contributed by atoms with E-state index in [9.17, 15) is 8.42 Å². The number of hydrogen-bond donors (Lipinski definition) is 1. The first-order valence-electron chi connectivity index (χ1n) is 8.19. The Balaban J connectivity index is 1.94. The zero-order valence-electron chi connectivity index (χ0n) is 14.5. The maximum Gasteiger partial charge on any atom is 0.240 e. The van der Waals surface area contributed by atoms with Crippen molar-refractivity contribution < 1.29 is 13.2 Å². The molecular weight excluding hydrogens is 312 g/mol. The van der Waals surface area contributed by atoms with Crippen molar-refractivity contribution in [3.05, 3.63) is 29.3 Å². The van der Waals surface area contributed by atoms with Crippen LogP contribution in [0.15, 0.2) is 23.1 Å². The molecule has 0 aliphatic carbocycles. The van der Waals surface area contributed by atoms with Gasteiger partial charge in [-0.3, -0.25) is 4.90 Å². The van der Waals surface area contributed by atoms with E-state index in [2.05, 4.69) is 23.5 Å². The van der Waals surface area contributed by atoms with Gasteiger partial charge in [-0.1, -0.05) is 19.9 Å². The Kier molecular flexibility index (Phi) is 6.19. The van der Waals surface area contributed by atoms with Gasteiger partial charge in [0.25, 0.3) is 0 Å². The molecule has 23 heavy (non-hydrogen) atoms. The van der Waals surface area contributed by atoms with Crippen LogP contribution in [0.2, 0.25) is 0 Å². The molecule has 0 bridgehead atoms. The van der Waals surface area contributed by atoms with Crippen LogP contribution >= 0.6 is 0 Å². The number of benzene rings is 1. The average Bonchev–Trinajstić information content (AvgIpc) is 2.48. The topological polar surface area (TPSA) is 58.6 Å². The second-order valence-electron chi connectivity index (χ2n) is 6.74. The van der Waals surface area contributed by atoms with E-state index in [1.165, 1.54) is 0 Å². The number of hydrogen-bond acceptors (Lipinski definition) is 4. The van der Waals surface area contributed by atoms with Crippen LogP contribution in [0.3, 0.4) is 0 Å². The summed E-state index contributed by atoms with van der Waals surface area (Å²) in [5.41, 5.74) is 2.06. The predicted octanol–water partition coefficient (Wildman–Crippen LogP) is 1.94. The number of rotatable bonds is 6. The van der Waals surface area contributed by atoms with Crippen molar-refractivity contribution in [2.24, 2.45) is 5.92 Å². The van der Waals surface area contributed by atoms with E-state index in [0.717, 1.165) is 30.8 Å². The van der Waals surface area contributed by atoms with Crippen LogP contribution in [0.25, 0.3) is 0 Å². The molecule has 1 aromatic carbocycles. The molecule has 1 heterocycles. The lowest BCUT2D eigenvalue weighted by atomic mass is 10.1. The fourth-order valence-electron chi connectivity index (χ4n) is 2.75. The third-order valence-corrected chi connectivity index (χ3v) is 5.56. The van der Waals surface area contributed by atoms with Crippen LogP contribution in [0, 0.1) is 19.8 Å². The average molecular weight is 340 g/mol. The van der Waals surface area contributed by atoms with Crippen LogP contribution in [-0.2, 0) is 14.8 Å². The van der Waals surface area contributed by atoms with Gasteiger partial charge in [-0.25, -0.2) is 13.1 Å². The number of nitrogens with zero attached hydrogens (tertiary/aromatic N) is 1. The summed E-state index contributed by atoms with van der Waals surface area (Å²) in [6.07, 6.45) is -0.0937. The lowest BCUT2D eigenvalue weighted by molar-refractivity contribution is -0.0280. The van der Waals surface area contributed by atoms with Crippen molar-refractivity contribution >= 4 is 10.0 Å². The van der Waals surface area contributed by atoms with Crippen LogP contribution in [-0.4, -0.2) is 52.2 Å². The third kappa shape index (κ3) is 5.28. The minimum atomic E-state index is -3.49. The molecule has 6 heteroatoms. The van der Waals surface area contributed by atoms with E-state index in [4.69, 9.17) is 4.74 Å². The number of ether oxygens (including phenoxy) is 1. The minimum Gasteiger partial charge on any atom is -0.374 e. The number of nitrogens with one attached hydrogen (secondary N) is 1. The SMILES string of the molecule is Cc1ccc(S(=O)(=O)NC[C@@H]2CN(CC(C)C)CCO2)cc1C. The normalized spacial score (nSPS) is 20.1. The van der Waals surface area contributed by atoms with E-state index in [-0.39, 0.29) is 6.10 Å². The lowest BCUT2D eigenvalue weighted by Gasteiger charge is -2.33. The van der Waals surface area contributed by atoms with E-state index in [1.54, 1.807) is 12.1 Å². The fourth-order valence-corrected chi connectivity index (χ4v) is 3.90. The molecule has 0 amide bonds. The fraction of sp³-hybridized carbons (Fsp3) is 0.647. The van der Waals surface area contributed by atoms with Crippen LogP contribution in [0.4, 0.5) is 0 Å². The van der Waals surface area contributed by atoms with Gasteiger partial charge in [-0.15, -0.1) is 0 Å². The third-order valence-electron chi connectivity index (χ3n) is 4.14. The summed E-state index contributed by atoms with van der Waals surface area (Å²) in [6.45, 7) is 11.9. The van der Waals surface area contributed by atoms with Gasteiger partial charge in [0.05, 0.1) is 17.6 Å². The number of sulfonamides is 1. The molecule has 0 spiro atoms. The molecule has 1 N–H and O–H groups in total. The monoisotopic (exact) mass is 340 g/mol. The first kappa shape index (κ1) is 18.4. The maximum absolute atomic E-state index is 12.4. The van der Waals surface area contributed by atoms with Crippen LogP contribution < -0.4 is 4.72 Å². The molecule has 0 unspecified atom stereocenters. The molecule has 5 nitrogen and oxygen atoms in total. The Hall–Kier alpha value is -0.950. The second-order valence-corrected chi connectivity index (χ2v) is 8.51. The van der Waals surface area contributed by atoms with Crippen molar-refractivity contribution in [1.29, 1.82) is 0 Å². The van der Waals surface area contributed by atoms with Crippen molar-refractivity contribution in [3.63, 3.8) is 0 Å². The standard InChI is InChI=1S/C17H28N2O3S/c1-13(2)11-19-7-8-22-16(12-19)10-18-23(20,21)17-6-5-14(3)15(4)9-17/h5-6,9,13,16,18H,7-8,10-12H2,1-4H3/t16-/m1/s1. The Labute approximate surface area is 140 Å². The smallest absolute Gasteiger partial charge is 0.240 e. The molecule has 2 rings (SSSR count). The molecule has 0 aromatic heterocycles. The molecule has 0 saturated carbocycles. The van der Waals surface area contributed by atoms with Crippen molar-refractivity contribution in [3.8, 4) is 0 Å². The van der Waals surface area contributed by atoms with Gasteiger partial charge in [0.2, 0.25) is 10.0 Å². The first-order valence-corrected chi connectivity index (χ1v) is 9.67. The highest BCUT2D eigenvalue weighted by molar-refractivity contribution is 7.89. The van der Waals surface area contributed by atoms with Gasteiger partial charge in [0.15, 0.2) is 0 Å². The summed E-state index contributed by atoms with van der Waals surface area (Å²) in [4.78, 5) is 2.65. The maximum atomic E-state index is 12.4. The zero-order valence-corrected chi connectivity index (χ0v) is 15.3. The van der Waals surface area contributed by atoms with Crippen molar-refractivity contribution in [2.75, 3.05) is 32.8 Å². The molecule has 1 atom stereocenters. The molecule has 1 saturated heterocycles.